The van der Waals surface area contributed by atoms with Gasteiger partial charge < -0.3 is 0 Å². The highest BCUT2D eigenvalue weighted by atomic mass is 32.0. The molecule has 1 aliphatic heterocycles. The summed E-state index contributed by atoms with van der Waals surface area (Å²) in [4.78, 5) is 0. The second-order valence-electron chi connectivity index (χ2n) is 2.40. The summed E-state index contributed by atoms with van der Waals surface area (Å²) in [5, 5.41) is 0. The van der Waals surface area contributed by atoms with Gasteiger partial charge in [0.2, 0.25) is 0 Å². The second-order valence-corrected chi connectivity index (χ2v) is 4.07. The van der Waals surface area contributed by atoms with Crippen LogP contribution in [0.3, 0.4) is 0 Å². The standard InChI is InChI=1S/C6H13NP2/c1-6-3-2-4-7(5-6)9-8/h9H,1-5,8H2. The number of piperidine rings is 1. The zero-order chi connectivity index (χ0) is 6.69. The molecule has 3 heteroatoms. The normalized spacial score (nSPS) is 23.9. The number of rotatable bonds is 1. The van der Waals surface area contributed by atoms with E-state index in [1.54, 1.807) is 0 Å². The van der Waals surface area contributed by atoms with Crippen molar-refractivity contribution in [1.82, 2.24) is 4.67 Å². The Morgan fingerprint density at radius 1 is 1.67 bits per heavy atom. The summed E-state index contributed by atoms with van der Waals surface area (Å²) >= 11 is 0. The molecule has 0 bridgehead atoms. The van der Waals surface area contributed by atoms with Crippen molar-refractivity contribution < 1.29 is 0 Å². The van der Waals surface area contributed by atoms with E-state index in [4.69, 9.17) is 0 Å². The van der Waals surface area contributed by atoms with Crippen molar-refractivity contribution in [3.8, 4) is 0 Å². The van der Waals surface area contributed by atoms with Crippen LogP contribution in [-0.2, 0) is 0 Å². The third-order valence-electron chi connectivity index (χ3n) is 1.56. The predicted molar refractivity (Wildman–Crippen MR) is 48.0 cm³/mol. The molecule has 2 unspecified atom stereocenters. The Morgan fingerprint density at radius 2 is 2.44 bits per heavy atom. The van der Waals surface area contributed by atoms with Crippen LogP contribution in [0.25, 0.3) is 0 Å². The molecule has 0 aromatic rings. The largest absolute Gasteiger partial charge is 0.277 e. The van der Waals surface area contributed by atoms with Crippen LogP contribution in [0, 0.1) is 0 Å². The highest BCUT2D eigenvalue weighted by Crippen LogP contribution is 2.30. The Bertz CT molecular complexity index is 114. The zero-order valence-electron chi connectivity index (χ0n) is 5.56. The lowest BCUT2D eigenvalue weighted by Gasteiger charge is -2.25. The third kappa shape index (κ3) is 2.34. The number of hydrogen-bond acceptors (Lipinski definition) is 1. The topological polar surface area (TPSA) is 3.24 Å². The van der Waals surface area contributed by atoms with E-state index in [0.29, 0.717) is 0 Å². The molecule has 0 aromatic carbocycles. The molecule has 2 atom stereocenters. The monoisotopic (exact) mass is 161 g/mol. The summed E-state index contributed by atoms with van der Waals surface area (Å²) in [7, 11) is 3.66. The van der Waals surface area contributed by atoms with E-state index in [1.165, 1.54) is 25.0 Å². The molecule has 0 saturated carbocycles. The molecule has 1 fully saturated rings. The van der Waals surface area contributed by atoms with E-state index in [-0.39, 0.29) is 0 Å². The van der Waals surface area contributed by atoms with Crippen molar-refractivity contribution in [3.05, 3.63) is 12.2 Å². The molecule has 0 spiro atoms. The van der Waals surface area contributed by atoms with Crippen LogP contribution in [-0.4, -0.2) is 17.8 Å². The maximum Gasteiger partial charge on any atom is 0.0229 e. The maximum absolute atomic E-state index is 3.97. The van der Waals surface area contributed by atoms with Crippen LogP contribution in [0.5, 0.6) is 0 Å². The van der Waals surface area contributed by atoms with Crippen molar-refractivity contribution in [2.45, 2.75) is 12.8 Å². The minimum absolute atomic E-state index is 0.882. The van der Waals surface area contributed by atoms with Gasteiger partial charge in [-0.1, -0.05) is 21.1 Å². The van der Waals surface area contributed by atoms with Gasteiger partial charge in [0.1, 0.15) is 0 Å². The fourth-order valence-electron chi connectivity index (χ4n) is 1.06. The molecule has 0 amide bonds. The molecular weight excluding hydrogens is 148 g/mol. The molecule has 1 aliphatic rings. The first kappa shape index (κ1) is 7.66. The molecule has 0 radical (unpaired) electrons. The molecule has 1 saturated heterocycles. The smallest absolute Gasteiger partial charge is 0.0229 e. The predicted octanol–water partition coefficient (Wildman–Crippen LogP) is 2.02. The van der Waals surface area contributed by atoms with Crippen LogP contribution >= 0.6 is 17.3 Å². The third-order valence-corrected chi connectivity index (χ3v) is 3.40. The van der Waals surface area contributed by atoms with Crippen LogP contribution in [0.15, 0.2) is 12.2 Å². The molecule has 0 aromatic heterocycles. The minimum atomic E-state index is 0.882. The fourth-order valence-corrected chi connectivity index (χ4v) is 2.32. The Kier molecular flexibility index (Phi) is 3.12. The summed E-state index contributed by atoms with van der Waals surface area (Å²) in [6, 6.07) is 0. The van der Waals surface area contributed by atoms with Gasteiger partial charge >= 0.3 is 0 Å². The second kappa shape index (κ2) is 3.66. The van der Waals surface area contributed by atoms with Gasteiger partial charge in [0, 0.05) is 13.1 Å². The molecule has 1 heterocycles. The van der Waals surface area contributed by atoms with E-state index in [9.17, 15) is 0 Å². The highest BCUT2D eigenvalue weighted by molar-refractivity contribution is 8.01. The summed E-state index contributed by atoms with van der Waals surface area (Å²) in [5.41, 5.74) is 1.40. The summed E-state index contributed by atoms with van der Waals surface area (Å²) < 4.78 is 2.43. The molecule has 1 nitrogen and oxygen atoms in total. The maximum atomic E-state index is 3.97. The molecular formula is C6H13NP2. The van der Waals surface area contributed by atoms with E-state index in [2.05, 4.69) is 20.2 Å². The van der Waals surface area contributed by atoms with Gasteiger partial charge in [-0.3, -0.25) is 4.67 Å². The quantitative estimate of drug-likeness (QED) is 0.420. The lowest BCUT2D eigenvalue weighted by Crippen LogP contribution is -2.22. The lowest BCUT2D eigenvalue weighted by molar-refractivity contribution is 0.442. The van der Waals surface area contributed by atoms with Crippen LogP contribution < -0.4 is 0 Å². The van der Waals surface area contributed by atoms with Crippen molar-refractivity contribution in [2.75, 3.05) is 13.1 Å². The minimum Gasteiger partial charge on any atom is -0.277 e. The Morgan fingerprint density at radius 3 is 2.89 bits per heavy atom. The van der Waals surface area contributed by atoms with Gasteiger partial charge in [-0.25, -0.2) is 0 Å². The van der Waals surface area contributed by atoms with Crippen molar-refractivity contribution in [3.63, 3.8) is 0 Å². The molecule has 0 N–H and O–H groups in total. The Hall–Kier alpha value is 0.560. The first-order valence-corrected chi connectivity index (χ1v) is 5.96. The van der Waals surface area contributed by atoms with Gasteiger partial charge in [0.25, 0.3) is 0 Å². The van der Waals surface area contributed by atoms with Crippen molar-refractivity contribution >= 4 is 17.3 Å². The van der Waals surface area contributed by atoms with Gasteiger partial charge in [-0.05, 0) is 21.3 Å². The van der Waals surface area contributed by atoms with E-state index >= 15 is 0 Å². The molecule has 0 aliphatic carbocycles. The Balaban J connectivity index is 2.32. The number of hydrogen-bond donors (Lipinski definition) is 0. The first-order chi connectivity index (χ1) is 4.33. The van der Waals surface area contributed by atoms with E-state index in [1.807, 2.05) is 0 Å². The van der Waals surface area contributed by atoms with Crippen molar-refractivity contribution in [2.24, 2.45) is 0 Å². The van der Waals surface area contributed by atoms with Crippen LogP contribution in [0.4, 0.5) is 0 Å². The average molecular weight is 161 g/mol. The first-order valence-electron chi connectivity index (χ1n) is 3.21. The fraction of sp³-hybridized carbons (Fsp3) is 0.667. The van der Waals surface area contributed by atoms with Gasteiger partial charge in [-0.15, -0.1) is 0 Å². The van der Waals surface area contributed by atoms with E-state index in [0.717, 1.165) is 15.0 Å². The molecule has 1 rings (SSSR count). The number of nitrogens with zero attached hydrogens (tertiary/aromatic N) is 1. The molecule has 52 valence electrons. The lowest BCUT2D eigenvalue weighted by atomic mass is 10.1. The summed E-state index contributed by atoms with van der Waals surface area (Å²) in [6.07, 6.45) is 2.55. The summed E-state index contributed by atoms with van der Waals surface area (Å²) in [6.45, 7) is 6.36. The SMILES string of the molecule is C=C1CCCN(PP)C1. The Labute approximate surface area is 60.8 Å². The zero-order valence-corrected chi connectivity index (χ0v) is 7.71. The van der Waals surface area contributed by atoms with Gasteiger partial charge in [0.15, 0.2) is 0 Å². The molecule has 9 heavy (non-hydrogen) atoms. The van der Waals surface area contributed by atoms with Gasteiger partial charge in [-0.2, -0.15) is 0 Å². The van der Waals surface area contributed by atoms with Crippen LogP contribution in [0.1, 0.15) is 12.8 Å². The average Bonchev–Trinajstić information content (AvgIpc) is 1.88. The van der Waals surface area contributed by atoms with E-state index < -0.39 is 0 Å². The van der Waals surface area contributed by atoms with Crippen molar-refractivity contribution in [1.29, 1.82) is 0 Å². The summed E-state index contributed by atoms with van der Waals surface area (Å²) in [5.74, 6) is 0. The highest BCUT2D eigenvalue weighted by Gasteiger charge is 2.09. The van der Waals surface area contributed by atoms with Gasteiger partial charge in [0.05, 0.1) is 0 Å². The van der Waals surface area contributed by atoms with Crippen LogP contribution in [0.2, 0.25) is 0 Å².